The van der Waals surface area contributed by atoms with E-state index in [2.05, 4.69) is 14.5 Å². The van der Waals surface area contributed by atoms with Gasteiger partial charge in [-0.3, -0.25) is 19.2 Å². The molecule has 4 atom stereocenters. The summed E-state index contributed by atoms with van der Waals surface area (Å²) in [4.78, 5) is 49.6. The molecule has 19 heteroatoms. The van der Waals surface area contributed by atoms with Gasteiger partial charge >= 0.3 is 19.6 Å². The topological polar surface area (TPSA) is 248 Å². The highest BCUT2D eigenvalue weighted by Gasteiger charge is 2.52. The Bertz CT molecular complexity index is 1510. The van der Waals surface area contributed by atoms with E-state index in [0.29, 0.717) is 5.56 Å². The van der Waals surface area contributed by atoms with Gasteiger partial charge in [0.05, 0.1) is 18.6 Å². The number of nitrogens with zero attached hydrogens (tertiary/aromatic N) is 5. The number of carbonyl (C=O) groups excluding carboxylic acids is 1. The van der Waals surface area contributed by atoms with Crippen molar-refractivity contribution in [3.05, 3.63) is 46.3 Å². The first-order valence-corrected chi connectivity index (χ1v) is 13.4. The number of methoxy groups -OCH3 is 1. The van der Waals surface area contributed by atoms with Gasteiger partial charge in [-0.25, -0.2) is 18.9 Å². The number of nitrogen functional groups attached to an aromatic ring is 1. The number of phosphoric ester groups is 1. The fraction of sp³-hybridized carbons (Fsp3) is 0.455. The van der Waals surface area contributed by atoms with E-state index in [0.717, 1.165) is 0 Å². The number of imidazole rings is 1. The molecule has 222 valence electrons. The van der Waals surface area contributed by atoms with Crippen LogP contribution in [0.2, 0.25) is 0 Å². The number of carbonyl (C=O) groups is 1. The van der Waals surface area contributed by atoms with Gasteiger partial charge in [-0.1, -0.05) is 4.98 Å². The van der Waals surface area contributed by atoms with Crippen LogP contribution in [0.15, 0.2) is 30.6 Å². The van der Waals surface area contributed by atoms with Crippen LogP contribution in [0.1, 0.15) is 25.6 Å². The number of hydrogen-bond acceptors (Lipinski definition) is 13. The molecule has 41 heavy (non-hydrogen) atoms. The number of hydrogen-bond donors (Lipinski definition) is 3. The number of aryl methyl sites for hydroxylation is 1. The van der Waals surface area contributed by atoms with Crippen LogP contribution in [0.4, 0.5) is 16.4 Å². The summed E-state index contributed by atoms with van der Waals surface area (Å²) in [5, 5.41) is 23.4. The Morgan fingerprint density at radius 1 is 1.27 bits per heavy atom. The van der Waals surface area contributed by atoms with Crippen LogP contribution in [0.25, 0.3) is 11.2 Å². The van der Waals surface area contributed by atoms with Gasteiger partial charge in [-0.15, -0.1) is 0 Å². The molecule has 1 aliphatic rings. The van der Waals surface area contributed by atoms with Crippen LogP contribution in [-0.2, 0) is 40.7 Å². The molecule has 2 aromatic heterocycles. The fourth-order valence-corrected chi connectivity index (χ4v) is 4.77. The van der Waals surface area contributed by atoms with Gasteiger partial charge in [0.2, 0.25) is 6.23 Å². The van der Waals surface area contributed by atoms with Crippen LogP contribution in [0, 0.1) is 10.1 Å². The van der Waals surface area contributed by atoms with Gasteiger partial charge in [0.1, 0.15) is 11.7 Å². The molecule has 4 rings (SSSR count). The monoisotopic (exact) mass is 598 g/mol. The number of rotatable bonds is 9. The van der Waals surface area contributed by atoms with Crippen molar-refractivity contribution >= 4 is 36.8 Å². The van der Waals surface area contributed by atoms with Crippen LogP contribution in [-0.4, -0.2) is 67.4 Å². The lowest BCUT2D eigenvalue weighted by Crippen LogP contribution is -2.47. The summed E-state index contributed by atoms with van der Waals surface area (Å²) in [6.45, 7) is 2.34. The minimum Gasteiger partial charge on any atom is -0.856 e. The lowest BCUT2D eigenvalue weighted by Gasteiger charge is -2.28. The second-order valence-corrected chi connectivity index (χ2v) is 10.7. The zero-order chi connectivity index (χ0) is 30.3. The van der Waals surface area contributed by atoms with Gasteiger partial charge in [0.25, 0.3) is 11.6 Å². The number of ether oxygens (including phenoxy) is 4. The zero-order valence-electron chi connectivity index (χ0n) is 22.1. The number of anilines is 1. The molecule has 0 bridgehead atoms. The average molecular weight is 598 g/mol. The molecule has 1 aromatic carbocycles. The first kappa shape index (κ1) is 30.0. The lowest BCUT2D eigenvalue weighted by molar-refractivity contribution is -0.746. The molecule has 1 unspecified atom stereocenters. The summed E-state index contributed by atoms with van der Waals surface area (Å²) in [5.41, 5.74) is 4.77. The van der Waals surface area contributed by atoms with E-state index in [1.807, 2.05) is 0 Å². The minimum absolute atomic E-state index is 0.0641. The SMILES string of the molecule is COC1[C@@H](OC(=O)OC(C)(C)c2ccc([N+](=O)[O-])cc2)[C@@H](COP(=O)(O)O)O[C@H]1[n+]1cn(C)c2c([O-])nc(N)nc21. The molecule has 3 aromatic rings. The molecule has 0 saturated carbocycles. The van der Waals surface area contributed by atoms with Crippen LogP contribution < -0.4 is 15.4 Å². The Kier molecular flexibility index (Phi) is 8.17. The number of benzene rings is 1. The summed E-state index contributed by atoms with van der Waals surface area (Å²) < 4.78 is 41.4. The Morgan fingerprint density at radius 2 is 1.93 bits per heavy atom. The summed E-state index contributed by atoms with van der Waals surface area (Å²) in [6.07, 6.45) is -4.68. The van der Waals surface area contributed by atoms with Gasteiger partial charge in [0, 0.05) is 25.1 Å². The predicted octanol–water partition coefficient (Wildman–Crippen LogP) is 0.299. The van der Waals surface area contributed by atoms with Crippen molar-refractivity contribution in [1.29, 1.82) is 0 Å². The lowest BCUT2D eigenvalue weighted by atomic mass is 9.98. The zero-order valence-corrected chi connectivity index (χ0v) is 23.0. The van der Waals surface area contributed by atoms with Crippen molar-refractivity contribution < 1.29 is 57.2 Å². The second-order valence-electron chi connectivity index (χ2n) is 9.49. The number of aromatic nitrogens is 4. The molecule has 18 nitrogen and oxygen atoms in total. The van der Waals surface area contributed by atoms with Gasteiger partial charge in [0.15, 0.2) is 24.1 Å². The van der Waals surface area contributed by atoms with E-state index >= 15 is 0 Å². The van der Waals surface area contributed by atoms with E-state index in [4.69, 9.17) is 24.7 Å². The molecule has 0 radical (unpaired) electrons. The molecule has 3 heterocycles. The standard InChI is InChI=1S/C22H27N6O12P/c1-22(2,11-5-7-12(8-6-11)28(31)32)40-21(30)39-15-13(9-37-41(33,34)35)38-19(16(15)36-4)27-10-26(3)14-17(27)24-20(23)25-18(14)29/h5-8,10,13,15-16,19H,9H2,1-4H3,(H4-,23,24,25,29,33,34,35)/t13-,15+,16?,19-/m1/s1. The quantitative estimate of drug-likeness (QED) is 0.0985. The molecule has 0 spiro atoms. The van der Waals surface area contributed by atoms with Crippen molar-refractivity contribution in [2.45, 2.75) is 44.0 Å². The molecule has 0 amide bonds. The summed E-state index contributed by atoms with van der Waals surface area (Å²) in [5.74, 6) is -0.965. The van der Waals surface area contributed by atoms with Crippen LogP contribution in [0.3, 0.4) is 0 Å². The highest BCUT2D eigenvalue weighted by molar-refractivity contribution is 7.46. The largest absolute Gasteiger partial charge is 0.856 e. The number of non-ortho nitro benzene ring substituents is 1. The van der Waals surface area contributed by atoms with Crippen LogP contribution in [0.5, 0.6) is 5.88 Å². The third-order valence-corrected chi connectivity index (χ3v) is 6.81. The highest BCUT2D eigenvalue weighted by Crippen LogP contribution is 2.39. The van der Waals surface area contributed by atoms with Gasteiger partial charge in [-0.05, 0) is 31.5 Å². The summed E-state index contributed by atoms with van der Waals surface area (Å²) >= 11 is 0. The number of fused-ring (bicyclic) bond motifs is 1. The fourth-order valence-electron chi connectivity index (χ4n) is 4.43. The highest BCUT2D eigenvalue weighted by atomic mass is 31.2. The van der Waals surface area contributed by atoms with Gasteiger partial charge < -0.3 is 39.6 Å². The summed E-state index contributed by atoms with van der Waals surface area (Å²) in [6, 6.07) is 5.35. The van der Waals surface area contributed by atoms with E-state index in [-0.39, 0.29) is 22.8 Å². The maximum absolute atomic E-state index is 13.0. The number of nitro benzene ring substituents is 1. The molecule has 1 aliphatic heterocycles. The number of nitro groups is 1. The van der Waals surface area contributed by atoms with Crippen molar-refractivity contribution in [2.75, 3.05) is 19.5 Å². The van der Waals surface area contributed by atoms with E-state index in [1.54, 1.807) is 7.05 Å². The van der Waals surface area contributed by atoms with Crippen molar-refractivity contribution in [2.24, 2.45) is 7.05 Å². The Hall–Kier alpha value is -3.93. The van der Waals surface area contributed by atoms with Crippen LogP contribution >= 0.6 is 7.82 Å². The third kappa shape index (κ3) is 6.37. The Labute approximate surface area is 231 Å². The maximum Gasteiger partial charge on any atom is 0.509 e. The van der Waals surface area contributed by atoms with Gasteiger partial charge in [-0.2, -0.15) is 0 Å². The maximum atomic E-state index is 13.0. The molecule has 1 saturated heterocycles. The average Bonchev–Trinajstić information content (AvgIpc) is 3.38. The van der Waals surface area contributed by atoms with Crippen molar-refractivity contribution in [3.63, 3.8) is 0 Å². The number of phosphoric acid groups is 1. The molecular formula is C22H27N6O12P. The molecular weight excluding hydrogens is 571 g/mol. The molecule has 0 aliphatic carbocycles. The van der Waals surface area contributed by atoms with Crippen molar-refractivity contribution in [1.82, 2.24) is 14.5 Å². The first-order valence-electron chi connectivity index (χ1n) is 11.8. The van der Waals surface area contributed by atoms with E-state index < -0.39 is 61.5 Å². The Balaban J connectivity index is 1.63. The number of nitrogens with two attached hydrogens (primary N) is 1. The van der Waals surface area contributed by atoms with Crippen molar-refractivity contribution in [3.8, 4) is 5.88 Å². The first-order chi connectivity index (χ1) is 19.1. The molecule has 4 N–H and O–H groups in total. The smallest absolute Gasteiger partial charge is 0.509 e. The summed E-state index contributed by atoms with van der Waals surface area (Å²) in [7, 11) is -2.13. The van der Waals surface area contributed by atoms with E-state index in [1.165, 1.54) is 60.7 Å². The molecule has 1 fully saturated rings. The minimum atomic E-state index is -4.96. The third-order valence-electron chi connectivity index (χ3n) is 6.33. The van der Waals surface area contributed by atoms with E-state index in [9.17, 15) is 34.4 Å². The predicted molar refractivity (Wildman–Crippen MR) is 133 cm³/mol. The second kappa shape index (κ2) is 11.2. The normalized spacial score (nSPS) is 21.2. The Morgan fingerprint density at radius 3 is 2.51 bits per heavy atom.